The molecule has 37 heavy (non-hydrogen) atoms. The second kappa shape index (κ2) is 19.0. The number of aliphatic hydroxyl groups is 2. The molecule has 1 aliphatic carbocycles. The van der Waals surface area contributed by atoms with Gasteiger partial charge in [-0.05, 0) is 18.9 Å². The second-order valence-electron chi connectivity index (χ2n) is 9.95. The van der Waals surface area contributed by atoms with Crippen molar-refractivity contribution in [1.82, 2.24) is 5.32 Å². The first kappa shape index (κ1) is 32.9. The van der Waals surface area contributed by atoms with Gasteiger partial charge in [0.1, 0.15) is 6.10 Å². The fraction of sp³-hybridized carbons (Fsp3) is 0.815. The van der Waals surface area contributed by atoms with Gasteiger partial charge in [0, 0.05) is 25.5 Å². The Morgan fingerprint density at radius 3 is 2.14 bits per heavy atom. The van der Waals surface area contributed by atoms with Crippen LogP contribution in [-0.4, -0.2) is 72.7 Å². The number of aliphatic hydroxyl groups excluding tert-OH is 2. The summed E-state index contributed by atoms with van der Waals surface area (Å²) in [6.07, 6.45) is 12.9. The molecule has 1 rings (SSSR count). The SMILES string of the molecule is CCCCCCCCCCCCCOC(=O)C1=C[C@H](N=C(N)N)[C@@H](NC(C)=O)[C@H]([C@H](OC)[C@H](O)CO)C1. The van der Waals surface area contributed by atoms with Gasteiger partial charge in [-0.25, -0.2) is 9.79 Å². The Morgan fingerprint density at radius 1 is 1.08 bits per heavy atom. The van der Waals surface area contributed by atoms with Gasteiger partial charge < -0.3 is 36.5 Å². The third-order valence-electron chi connectivity index (χ3n) is 6.83. The molecule has 0 fully saturated rings. The monoisotopic (exact) mass is 526 g/mol. The quantitative estimate of drug-likeness (QED) is 0.0739. The summed E-state index contributed by atoms with van der Waals surface area (Å²) in [7, 11) is 1.40. The van der Waals surface area contributed by atoms with E-state index in [1.54, 1.807) is 6.08 Å². The number of nitrogens with zero attached hydrogens (tertiary/aromatic N) is 1. The number of guanidine groups is 1. The number of esters is 1. The van der Waals surface area contributed by atoms with E-state index in [0.717, 1.165) is 19.3 Å². The summed E-state index contributed by atoms with van der Waals surface area (Å²) < 4.78 is 11.0. The highest BCUT2D eigenvalue weighted by atomic mass is 16.5. The Balaban J connectivity index is 2.68. The number of rotatable bonds is 19. The van der Waals surface area contributed by atoms with E-state index in [1.165, 1.54) is 65.4 Å². The van der Waals surface area contributed by atoms with Crippen LogP contribution in [0.2, 0.25) is 0 Å². The number of unbranched alkanes of at least 4 members (excludes halogenated alkanes) is 10. The van der Waals surface area contributed by atoms with Gasteiger partial charge in [0.15, 0.2) is 5.96 Å². The molecule has 0 heterocycles. The van der Waals surface area contributed by atoms with Gasteiger partial charge in [0.25, 0.3) is 0 Å². The number of carbonyl (C=O) groups is 2. The lowest BCUT2D eigenvalue weighted by Crippen LogP contribution is -2.56. The molecule has 1 aliphatic rings. The highest BCUT2D eigenvalue weighted by Crippen LogP contribution is 2.32. The number of nitrogens with one attached hydrogen (secondary N) is 1. The van der Waals surface area contributed by atoms with Gasteiger partial charge in [-0.3, -0.25) is 4.79 Å². The molecule has 0 radical (unpaired) electrons. The molecule has 5 atom stereocenters. The van der Waals surface area contributed by atoms with Crippen molar-refractivity contribution in [3.8, 4) is 0 Å². The van der Waals surface area contributed by atoms with E-state index in [-0.39, 0.29) is 18.3 Å². The van der Waals surface area contributed by atoms with Crippen LogP contribution in [0.15, 0.2) is 16.6 Å². The Kier molecular flexibility index (Phi) is 16.9. The minimum atomic E-state index is -1.22. The zero-order valence-electron chi connectivity index (χ0n) is 23.0. The lowest BCUT2D eigenvalue weighted by molar-refractivity contribution is -0.140. The van der Waals surface area contributed by atoms with Gasteiger partial charge in [0.2, 0.25) is 5.91 Å². The minimum absolute atomic E-state index is 0.161. The maximum Gasteiger partial charge on any atom is 0.333 e. The summed E-state index contributed by atoms with van der Waals surface area (Å²) in [5, 5.41) is 22.6. The lowest BCUT2D eigenvalue weighted by atomic mass is 9.76. The molecule has 0 aromatic heterocycles. The van der Waals surface area contributed by atoms with E-state index in [2.05, 4.69) is 17.2 Å². The Bertz CT molecular complexity index is 726. The molecule has 0 aromatic rings. The maximum atomic E-state index is 12.9. The van der Waals surface area contributed by atoms with Crippen molar-refractivity contribution < 1.29 is 29.3 Å². The van der Waals surface area contributed by atoms with Crippen LogP contribution < -0.4 is 16.8 Å². The van der Waals surface area contributed by atoms with Crippen molar-refractivity contribution in [3.05, 3.63) is 11.6 Å². The molecule has 0 bridgehead atoms. The van der Waals surface area contributed by atoms with Crippen molar-refractivity contribution >= 4 is 17.8 Å². The third kappa shape index (κ3) is 12.8. The van der Waals surface area contributed by atoms with Crippen molar-refractivity contribution in [3.63, 3.8) is 0 Å². The number of nitrogens with two attached hydrogens (primary N) is 2. The van der Waals surface area contributed by atoms with E-state index < -0.39 is 42.8 Å². The molecule has 0 unspecified atom stereocenters. The van der Waals surface area contributed by atoms with Crippen LogP contribution in [0, 0.1) is 5.92 Å². The van der Waals surface area contributed by atoms with Crippen LogP contribution in [0.3, 0.4) is 0 Å². The predicted octanol–water partition coefficient (Wildman–Crippen LogP) is 2.30. The van der Waals surface area contributed by atoms with Gasteiger partial charge in [0.05, 0.1) is 31.4 Å². The van der Waals surface area contributed by atoms with Crippen LogP contribution in [0.5, 0.6) is 0 Å². The first-order chi connectivity index (χ1) is 17.7. The maximum absolute atomic E-state index is 12.9. The lowest BCUT2D eigenvalue weighted by Gasteiger charge is -2.40. The Labute approximate surface area is 222 Å². The molecule has 10 heteroatoms. The smallest absolute Gasteiger partial charge is 0.333 e. The number of methoxy groups -OCH3 is 1. The molecular weight excluding hydrogens is 476 g/mol. The minimum Gasteiger partial charge on any atom is -0.462 e. The fourth-order valence-electron chi connectivity index (χ4n) is 4.95. The number of carbonyl (C=O) groups excluding carboxylic acids is 2. The highest BCUT2D eigenvalue weighted by molar-refractivity contribution is 5.89. The molecule has 0 spiro atoms. The predicted molar refractivity (Wildman–Crippen MR) is 145 cm³/mol. The molecular formula is C27H50N4O6. The van der Waals surface area contributed by atoms with Crippen LogP contribution in [0.25, 0.3) is 0 Å². The van der Waals surface area contributed by atoms with Crippen LogP contribution in [0.4, 0.5) is 0 Å². The molecule has 0 saturated heterocycles. The molecule has 1 amide bonds. The van der Waals surface area contributed by atoms with Crippen LogP contribution in [-0.2, 0) is 19.1 Å². The zero-order valence-corrected chi connectivity index (χ0v) is 23.0. The summed E-state index contributed by atoms with van der Waals surface area (Å²) in [6.45, 7) is 3.35. The Morgan fingerprint density at radius 2 is 1.65 bits per heavy atom. The second-order valence-corrected chi connectivity index (χ2v) is 9.95. The topological polar surface area (TPSA) is 169 Å². The van der Waals surface area contributed by atoms with Crippen molar-refractivity contribution in [2.75, 3.05) is 20.3 Å². The van der Waals surface area contributed by atoms with Gasteiger partial charge in [-0.15, -0.1) is 0 Å². The van der Waals surface area contributed by atoms with Crippen molar-refractivity contribution in [1.29, 1.82) is 0 Å². The standard InChI is InChI=1S/C27H50N4O6/c1-4-5-6-7-8-9-10-11-12-13-14-15-37-26(35)20-16-21(25(36-3)23(34)18-32)24(30-19(2)33)22(17-20)31-27(28)29/h17,21-25,32,34H,4-16,18H2,1-3H3,(H,30,33)(H4,28,29,31)/t21-,22+,23-,24+,25+/m1/s1. The average Bonchev–Trinajstić information content (AvgIpc) is 2.85. The summed E-state index contributed by atoms with van der Waals surface area (Å²) in [5.74, 6) is -1.60. The van der Waals surface area contributed by atoms with Gasteiger partial charge >= 0.3 is 5.97 Å². The summed E-state index contributed by atoms with van der Waals surface area (Å²) in [6, 6.07) is -1.42. The van der Waals surface area contributed by atoms with Crippen LogP contribution in [0.1, 0.15) is 90.9 Å². The Hall–Kier alpha value is -2.17. The third-order valence-corrected chi connectivity index (χ3v) is 6.83. The van der Waals surface area contributed by atoms with E-state index in [9.17, 15) is 19.8 Å². The summed E-state index contributed by atoms with van der Waals surface area (Å²) in [4.78, 5) is 29.0. The highest BCUT2D eigenvalue weighted by Gasteiger charge is 2.43. The van der Waals surface area contributed by atoms with Gasteiger partial charge in [-0.2, -0.15) is 0 Å². The number of amides is 1. The number of hydrogen-bond acceptors (Lipinski definition) is 7. The van der Waals surface area contributed by atoms with E-state index in [1.807, 2.05) is 0 Å². The fourth-order valence-corrected chi connectivity index (χ4v) is 4.95. The molecule has 214 valence electrons. The first-order valence-electron chi connectivity index (χ1n) is 13.8. The number of hydrogen-bond donors (Lipinski definition) is 5. The zero-order chi connectivity index (χ0) is 27.6. The first-order valence-corrected chi connectivity index (χ1v) is 13.8. The molecule has 0 aromatic carbocycles. The summed E-state index contributed by atoms with van der Waals surface area (Å²) in [5.41, 5.74) is 11.6. The van der Waals surface area contributed by atoms with Crippen LogP contribution >= 0.6 is 0 Å². The largest absolute Gasteiger partial charge is 0.462 e. The van der Waals surface area contributed by atoms with E-state index >= 15 is 0 Å². The molecule has 7 N–H and O–H groups in total. The van der Waals surface area contributed by atoms with E-state index in [0.29, 0.717) is 12.2 Å². The number of aliphatic imine (C=N–C) groups is 1. The molecule has 10 nitrogen and oxygen atoms in total. The molecule has 0 saturated carbocycles. The summed E-state index contributed by atoms with van der Waals surface area (Å²) >= 11 is 0. The molecule has 0 aliphatic heterocycles. The average molecular weight is 527 g/mol. The van der Waals surface area contributed by atoms with Crippen molar-refractivity contribution in [2.45, 2.75) is 115 Å². The van der Waals surface area contributed by atoms with Gasteiger partial charge in [-0.1, -0.05) is 71.1 Å². The number of ether oxygens (including phenoxy) is 2. The van der Waals surface area contributed by atoms with E-state index in [4.69, 9.17) is 20.9 Å². The normalized spacial score (nSPS) is 21.0. The van der Waals surface area contributed by atoms with Crippen molar-refractivity contribution in [2.24, 2.45) is 22.4 Å².